The Morgan fingerprint density at radius 1 is 1.41 bits per heavy atom. The van der Waals surface area contributed by atoms with Gasteiger partial charge in [-0.3, -0.25) is 10.2 Å². The summed E-state index contributed by atoms with van der Waals surface area (Å²) < 4.78 is 26.9. The van der Waals surface area contributed by atoms with Gasteiger partial charge in [0.15, 0.2) is 0 Å². The lowest BCUT2D eigenvalue weighted by Crippen LogP contribution is -2.31. The number of hydrogen-bond acceptors (Lipinski definition) is 5. The Morgan fingerprint density at radius 2 is 2.12 bits per heavy atom. The minimum absolute atomic E-state index is 0.0270. The molecule has 90 valence electrons. The molecule has 0 unspecified atom stereocenters. The highest BCUT2D eigenvalue weighted by Gasteiger charge is 2.28. The van der Waals surface area contributed by atoms with Crippen molar-refractivity contribution in [2.75, 3.05) is 5.75 Å². The molecule has 0 aromatic heterocycles. The van der Waals surface area contributed by atoms with Gasteiger partial charge in [0.05, 0.1) is 10.6 Å². The number of nitrogens with two attached hydrogens (primary N) is 1. The molecule has 0 spiro atoms. The van der Waals surface area contributed by atoms with Gasteiger partial charge in [-0.2, -0.15) is 12.8 Å². The summed E-state index contributed by atoms with van der Waals surface area (Å²) in [6.45, 7) is 0. The summed E-state index contributed by atoms with van der Waals surface area (Å²) >= 11 is 1.04. The van der Waals surface area contributed by atoms with Crippen LogP contribution in [-0.2, 0) is 14.8 Å². The van der Waals surface area contributed by atoms with E-state index in [1.807, 2.05) is 5.43 Å². The minimum Gasteiger partial charge on any atom is -0.294 e. The van der Waals surface area contributed by atoms with Crippen LogP contribution in [0.25, 0.3) is 0 Å². The monoisotopic (exact) mass is 271 g/mol. The molecule has 2 rings (SSSR count). The second-order valence-electron chi connectivity index (χ2n) is 3.22. The van der Waals surface area contributed by atoms with Gasteiger partial charge in [0, 0.05) is 5.56 Å². The van der Waals surface area contributed by atoms with Crippen molar-refractivity contribution in [2.24, 2.45) is 10.2 Å². The third kappa shape index (κ3) is 2.33. The number of benzene rings is 1. The van der Waals surface area contributed by atoms with Gasteiger partial charge in [0.1, 0.15) is 5.04 Å². The smallest absolute Gasteiger partial charge is 0.284 e. The Labute approximate surface area is 102 Å². The molecule has 1 aliphatic heterocycles. The van der Waals surface area contributed by atoms with E-state index in [1.165, 1.54) is 6.07 Å². The zero-order valence-electron chi connectivity index (χ0n) is 8.58. The molecule has 1 amide bonds. The first-order valence-corrected chi connectivity index (χ1v) is 7.04. The number of fused-ring (bicyclic) bond motifs is 1. The first kappa shape index (κ1) is 12.1. The van der Waals surface area contributed by atoms with Crippen LogP contribution in [0.5, 0.6) is 0 Å². The van der Waals surface area contributed by atoms with Crippen LogP contribution in [0.4, 0.5) is 0 Å². The molecule has 1 aromatic rings. The molecular weight excluding hydrogens is 262 g/mol. The number of hydrogen-bond donors (Lipinski definition) is 2. The van der Waals surface area contributed by atoms with Crippen molar-refractivity contribution < 1.29 is 13.2 Å². The summed E-state index contributed by atoms with van der Waals surface area (Å²) in [5.41, 5.74) is 2.50. The van der Waals surface area contributed by atoms with E-state index in [0.717, 1.165) is 11.8 Å². The average molecular weight is 271 g/mol. The molecule has 0 saturated carbocycles. The van der Waals surface area contributed by atoms with Gasteiger partial charge in [-0.05, 0) is 6.07 Å². The summed E-state index contributed by atoms with van der Waals surface area (Å²) in [6.07, 6.45) is 0. The highest BCUT2D eigenvalue weighted by molar-refractivity contribution is 8.16. The lowest BCUT2D eigenvalue weighted by molar-refractivity contribution is -0.118. The molecule has 0 fully saturated rings. The van der Waals surface area contributed by atoms with Crippen LogP contribution in [0, 0.1) is 0 Å². The van der Waals surface area contributed by atoms with Crippen LogP contribution < -0.4 is 11.3 Å². The van der Waals surface area contributed by atoms with Gasteiger partial charge in [0.2, 0.25) is 5.91 Å². The van der Waals surface area contributed by atoms with Crippen molar-refractivity contribution in [3.8, 4) is 0 Å². The predicted molar refractivity (Wildman–Crippen MR) is 65.0 cm³/mol. The van der Waals surface area contributed by atoms with Gasteiger partial charge >= 0.3 is 0 Å². The zero-order chi connectivity index (χ0) is 12.5. The molecule has 0 aliphatic carbocycles. The summed E-state index contributed by atoms with van der Waals surface area (Å²) in [7, 11) is -3.61. The Hall–Kier alpha value is -1.38. The van der Waals surface area contributed by atoms with Gasteiger partial charge in [0.25, 0.3) is 10.0 Å². The molecule has 0 bridgehead atoms. The van der Waals surface area contributed by atoms with Gasteiger partial charge in [-0.1, -0.05) is 30.0 Å². The van der Waals surface area contributed by atoms with Crippen molar-refractivity contribution >= 4 is 32.7 Å². The van der Waals surface area contributed by atoms with Gasteiger partial charge in [-0.25, -0.2) is 5.84 Å². The summed E-state index contributed by atoms with van der Waals surface area (Å²) in [4.78, 5) is 11.2. The Morgan fingerprint density at radius 3 is 2.82 bits per heavy atom. The molecule has 8 heteroatoms. The van der Waals surface area contributed by atoms with Crippen molar-refractivity contribution in [3.63, 3.8) is 0 Å². The summed E-state index contributed by atoms with van der Waals surface area (Å²) in [5.74, 6) is 4.57. The molecule has 0 radical (unpaired) electrons. The highest BCUT2D eigenvalue weighted by Crippen LogP contribution is 2.30. The second kappa shape index (κ2) is 4.47. The number of rotatable bonds is 2. The second-order valence-corrected chi connectivity index (χ2v) is 5.76. The molecular formula is C9H9N3O3S2. The van der Waals surface area contributed by atoms with Crippen LogP contribution in [-0.4, -0.2) is 25.1 Å². The Balaban J connectivity index is 2.29. The molecule has 1 aliphatic rings. The number of carbonyl (C=O) groups excluding carboxylic acids is 1. The fourth-order valence-corrected chi connectivity index (χ4v) is 3.72. The first-order valence-electron chi connectivity index (χ1n) is 4.61. The van der Waals surface area contributed by atoms with Crippen LogP contribution in [0.3, 0.4) is 0 Å². The van der Waals surface area contributed by atoms with E-state index in [-0.39, 0.29) is 16.6 Å². The predicted octanol–water partition coefficient (Wildman–Crippen LogP) is -0.141. The average Bonchev–Trinajstić information content (AvgIpc) is 2.59. The Kier molecular flexibility index (Phi) is 3.18. The lowest BCUT2D eigenvalue weighted by atomic mass is 10.2. The molecule has 0 atom stereocenters. The van der Waals surface area contributed by atoms with E-state index >= 15 is 0 Å². The number of carbonyl (C=O) groups is 1. The zero-order valence-corrected chi connectivity index (χ0v) is 10.2. The quantitative estimate of drug-likeness (QED) is 0.443. The van der Waals surface area contributed by atoms with Crippen molar-refractivity contribution in [2.45, 2.75) is 4.90 Å². The van der Waals surface area contributed by atoms with E-state index in [9.17, 15) is 13.2 Å². The molecule has 6 nitrogen and oxygen atoms in total. The van der Waals surface area contributed by atoms with Crippen LogP contribution >= 0.6 is 11.8 Å². The lowest BCUT2D eigenvalue weighted by Gasteiger charge is -2.00. The molecule has 1 aromatic carbocycles. The summed E-state index contributed by atoms with van der Waals surface area (Å²) in [6, 6.07) is 6.50. The largest absolute Gasteiger partial charge is 0.294 e. The fraction of sp³-hybridized carbons (Fsp3) is 0.111. The van der Waals surface area contributed by atoms with Crippen molar-refractivity contribution in [3.05, 3.63) is 29.8 Å². The maximum atomic E-state index is 11.7. The SMILES string of the molecule is NNC(=O)CSC1=NS(=O)(=O)c2ccccc21. The number of amides is 1. The molecule has 17 heavy (non-hydrogen) atoms. The van der Waals surface area contributed by atoms with E-state index in [0.29, 0.717) is 10.6 Å². The number of sulfonamides is 1. The third-order valence-corrected chi connectivity index (χ3v) is 4.54. The topological polar surface area (TPSA) is 102 Å². The number of nitrogens with zero attached hydrogens (tertiary/aromatic N) is 1. The number of nitrogens with one attached hydrogen (secondary N) is 1. The van der Waals surface area contributed by atoms with Gasteiger partial charge < -0.3 is 0 Å². The minimum atomic E-state index is -3.61. The van der Waals surface area contributed by atoms with Crippen LogP contribution in [0.15, 0.2) is 33.6 Å². The Bertz CT molecular complexity index is 595. The van der Waals surface area contributed by atoms with E-state index < -0.39 is 10.0 Å². The van der Waals surface area contributed by atoms with Gasteiger partial charge in [-0.15, -0.1) is 0 Å². The summed E-state index contributed by atoms with van der Waals surface area (Å²) in [5, 5.41) is 0.323. The van der Waals surface area contributed by atoms with Crippen molar-refractivity contribution in [1.29, 1.82) is 0 Å². The standard InChI is InChI=1S/C9H9N3O3S2/c10-11-8(13)5-16-9-6-3-1-2-4-7(6)17(14,15)12-9/h1-4H,5,10H2,(H,11,13). The van der Waals surface area contributed by atoms with E-state index in [4.69, 9.17) is 5.84 Å². The maximum Gasteiger partial charge on any atom is 0.284 e. The number of thioether (sulfide) groups is 1. The van der Waals surface area contributed by atoms with Crippen molar-refractivity contribution in [1.82, 2.24) is 5.43 Å². The maximum absolute atomic E-state index is 11.7. The third-order valence-electron chi connectivity index (χ3n) is 2.10. The highest BCUT2D eigenvalue weighted by atomic mass is 32.2. The molecule has 0 saturated heterocycles. The number of hydrazine groups is 1. The molecule has 3 N–H and O–H groups in total. The van der Waals surface area contributed by atoms with Crippen LogP contribution in [0.1, 0.15) is 5.56 Å². The fourth-order valence-electron chi connectivity index (χ4n) is 1.36. The van der Waals surface area contributed by atoms with E-state index in [1.54, 1.807) is 18.2 Å². The first-order chi connectivity index (χ1) is 8.04. The van der Waals surface area contributed by atoms with Crippen LogP contribution in [0.2, 0.25) is 0 Å². The normalized spacial score (nSPS) is 16.2. The molecule has 1 heterocycles. The van der Waals surface area contributed by atoms with E-state index in [2.05, 4.69) is 4.40 Å².